The van der Waals surface area contributed by atoms with Crippen LogP contribution in [0.4, 0.5) is 0 Å². The molecule has 29 heavy (non-hydrogen) atoms. The number of piperidine rings is 1. The van der Waals surface area contributed by atoms with Crippen molar-refractivity contribution < 1.29 is 19.4 Å². The fourth-order valence-corrected chi connectivity index (χ4v) is 5.05. The zero-order valence-corrected chi connectivity index (χ0v) is 17.9. The number of aliphatic carboxylic acids is 1. The third-order valence-electron chi connectivity index (χ3n) is 5.29. The molecular weight excluding hydrogens is 410 g/mol. The second-order valence-corrected chi connectivity index (χ2v) is 8.34. The summed E-state index contributed by atoms with van der Waals surface area (Å²) < 4.78 is 6.06. The molecule has 2 aliphatic heterocycles. The van der Waals surface area contributed by atoms with E-state index < -0.39 is 5.97 Å². The maximum absolute atomic E-state index is 11.4. The van der Waals surface area contributed by atoms with Crippen LogP contribution >= 0.6 is 23.7 Å². The van der Waals surface area contributed by atoms with Gasteiger partial charge in [-0.2, -0.15) is 0 Å². The van der Waals surface area contributed by atoms with Crippen LogP contribution in [0, 0.1) is 0 Å². The van der Waals surface area contributed by atoms with Gasteiger partial charge in [0.1, 0.15) is 18.1 Å². The summed E-state index contributed by atoms with van der Waals surface area (Å²) in [5, 5.41) is 11.3. The summed E-state index contributed by atoms with van der Waals surface area (Å²) in [7, 11) is 0. The molecule has 0 saturated carbocycles. The third-order valence-corrected chi connectivity index (χ3v) is 6.26. The molecule has 5 nitrogen and oxygen atoms in total. The number of carboxylic acids is 1. The first kappa shape index (κ1) is 21.6. The average molecular weight is 434 g/mol. The minimum atomic E-state index is -0.835. The van der Waals surface area contributed by atoms with Gasteiger partial charge in [-0.25, -0.2) is 0 Å². The number of rotatable bonds is 4. The number of halogens is 1. The number of ketones is 1. The summed E-state index contributed by atoms with van der Waals surface area (Å²) in [6.45, 7) is 4.40. The Morgan fingerprint density at radius 3 is 2.66 bits per heavy atom. The van der Waals surface area contributed by atoms with Crippen LogP contribution in [-0.2, 0) is 22.6 Å². The highest BCUT2D eigenvalue weighted by Gasteiger charge is 2.26. The number of hydrogen-bond acceptors (Lipinski definition) is 5. The van der Waals surface area contributed by atoms with Gasteiger partial charge in [0.15, 0.2) is 0 Å². The Bertz CT molecular complexity index is 955. The fraction of sp³-hybridized carbons (Fsp3) is 0.364. The van der Waals surface area contributed by atoms with Crippen molar-refractivity contribution in [1.29, 1.82) is 0 Å². The summed E-state index contributed by atoms with van der Waals surface area (Å²) in [5.41, 5.74) is 5.52. The number of benzene rings is 1. The smallest absolute Gasteiger partial charge is 0.307 e. The molecule has 7 heteroatoms. The van der Waals surface area contributed by atoms with Gasteiger partial charge in [0.25, 0.3) is 0 Å². The van der Waals surface area contributed by atoms with Crippen molar-refractivity contribution in [2.45, 2.75) is 32.8 Å². The molecule has 0 radical (unpaired) electrons. The molecule has 0 bridgehead atoms. The normalized spacial score (nSPS) is 16.2. The summed E-state index contributed by atoms with van der Waals surface area (Å²) in [4.78, 5) is 26.1. The lowest BCUT2D eigenvalue weighted by molar-refractivity contribution is -0.136. The second-order valence-electron chi connectivity index (χ2n) is 7.42. The van der Waals surface area contributed by atoms with Crippen LogP contribution in [-0.4, -0.2) is 41.4 Å². The highest BCUT2D eigenvalue weighted by molar-refractivity contribution is 7.11. The number of carboxylic acid groups (broad SMARTS) is 1. The van der Waals surface area contributed by atoms with E-state index in [9.17, 15) is 14.7 Å². The molecule has 3 heterocycles. The van der Waals surface area contributed by atoms with Gasteiger partial charge in [0.05, 0.1) is 13.0 Å². The summed E-state index contributed by atoms with van der Waals surface area (Å²) in [6, 6.07) is 7.82. The standard InChI is InChI=1S/C22H23NO4S.ClH/c1-14(24)12-23-7-4-16(5-8-23)21-18-10-15(11-20(25)26)2-3-19(18)27-13-17-6-9-28-22(17)21;/h2-3,6,9-10H,4-5,7-8,11-13H2,1H3,(H,25,26);1H. The van der Waals surface area contributed by atoms with Gasteiger partial charge in [-0.1, -0.05) is 11.6 Å². The molecule has 1 saturated heterocycles. The first-order valence-corrected chi connectivity index (χ1v) is 10.4. The molecule has 2 aromatic rings. The maximum Gasteiger partial charge on any atom is 0.307 e. The second kappa shape index (κ2) is 9.11. The van der Waals surface area contributed by atoms with Crippen LogP contribution in [0.25, 0.3) is 5.57 Å². The van der Waals surface area contributed by atoms with Gasteiger partial charge in [-0.3, -0.25) is 14.5 Å². The van der Waals surface area contributed by atoms with Crippen LogP contribution in [0.1, 0.15) is 41.3 Å². The Balaban J connectivity index is 0.00000240. The molecular formula is C22H24ClNO4S. The summed E-state index contributed by atoms with van der Waals surface area (Å²) in [6.07, 6.45) is 1.81. The number of carbonyl (C=O) groups is 2. The van der Waals surface area contributed by atoms with Gasteiger partial charge in [-0.15, -0.1) is 23.7 Å². The Hall–Kier alpha value is -2.15. The molecule has 154 valence electrons. The topological polar surface area (TPSA) is 66.8 Å². The largest absolute Gasteiger partial charge is 0.488 e. The number of carbonyl (C=O) groups excluding carboxylic acids is 1. The highest BCUT2D eigenvalue weighted by atomic mass is 35.5. The lowest BCUT2D eigenvalue weighted by Gasteiger charge is -2.29. The Morgan fingerprint density at radius 1 is 1.21 bits per heavy atom. The quantitative estimate of drug-likeness (QED) is 0.783. The van der Waals surface area contributed by atoms with Crippen molar-refractivity contribution in [3.63, 3.8) is 0 Å². The molecule has 0 unspecified atom stereocenters. The van der Waals surface area contributed by atoms with Crippen LogP contribution in [0.2, 0.25) is 0 Å². The van der Waals surface area contributed by atoms with E-state index >= 15 is 0 Å². The highest BCUT2D eigenvalue weighted by Crippen LogP contribution is 2.43. The van der Waals surface area contributed by atoms with Crippen molar-refractivity contribution in [2.75, 3.05) is 19.6 Å². The van der Waals surface area contributed by atoms with Crippen molar-refractivity contribution in [1.82, 2.24) is 4.90 Å². The van der Waals surface area contributed by atoms with E-state index in [0.29, 0.717) is 13.2 Å². The number of ether oxygens (including phenoxy) is 1. The van der Waals surface area contributed by atoms with Gasteiger partial charge >= 0.3 is 5.97 Å². The molecule has 1 fully saturated rings. The van der Waals surface area contributed by atoms with Crippen LogP contribution < -0.4 is 4.74 Å². The lowest BCUT2D eigenvalue weighted by atomic mass is 9.89. The minimum absolute atomic E-state index is 0. The van der Waals surface area contributed by atoms with Crippen LogP contribution in [0.5, 0.6) is 5.75 Å². The number of fused-ring (bicyclic) bond motifs is 2. The molecule has 4 rings (SSSR count). The van der Waals surface area contributed by atoms with E-state index in [-0.39, 0.29) is 24.6 Å². The van der Waals surface area contributed by atoms with E-state index in [1.54, 1.807) is 18.3 Å². The first-order valence-electron chi connectivity index (χ1n) is 9.49. The molecule has 0 atom stereocenters. The predicted molar refractivity (Wildman–Crippen MR) is 116 cm³/mol. The van der Waals surface area contributed by atoms with Crippen molar-refractivity contribution in [3.05, 3.63) is 56.8 Å². The van der Waals surface area contributed by atoms with E-state index in [1.807, 2.05) is 18.2 Å². The van der Waals surface area contributed by atoms with Crippen molar-refractivity contribution in [3.8, 4) is 5.75 Å². The zero-order chi connectivity index (χ0) is 19.7. The van der Waals surface area contributed by atoms with Crippen molar-refractivity contribution in [2.24, 2.45) is 0 Å². The predicted octanol–water partition coefficient (Wildman–Crippen LogP) is 4.18. The monoisotopic (exact) mass is 433 g/mol. The van der Waals surface area contributed by atoms with E-state index in [0.717, 1.165) is 42.8 Å². The van der Waals surface area contributed by atoms with Crippen LogP contribution in [0.15, 0.2) is 35.2 Å². The summed E-state index contributed by atoms with van der Waals surface area (Å²) in [5.74, 6) is 0.174. The van der Waals surface area contributed by atoms with Crippen LogP contribution in [0.3, 0.4) is 0 Å². The number of hydrogen-bond donors (Lipinski definition) is 1. The average Bonchev–Trinajstić information content (AvgIpc) is 3.04. The van der Waals surface area contributed by atoms with E-state index in [4.69, 9.17) is 4.74 Å². The number of nitrogens with zero attached hydrogens (tertiary/aromatic N) is 1. The number of Topliss-reactive ketones (excluding diaryl/α,β-unsaturated/α-hetero) is 1. The van der Waals surface area contributed by atoms with Crippen molar-refractivity contribution >= 4 is 41.1 Å². The van der Waals surface area contributed by atoms with E-state index in [2.05, 4.69) is 16.3 Å². The molecule has 0 amide bonds. The number of likely N-dealkylation sites (tertiary alicyclic amines) is 1. The molecule has 1 N–H and O–H groups in total. The first-order chi connectivity index (χ1) is 13.5. The molecule has 2 aliphatic rings. The van der Waals surface area contributed by atoms with Gasteiger partial charge in [0, 0.05) is 34.7 Å². The summed E-state index contributed by atoms with van der Waals surface area (Å²) >= 11 is 1.71. The zero-order valence-electron chi connectivity index (χ0n) is 16.3. The molecule has 1 aromatic carbocycles. The molecule has 0 aliphatic carbocycles. The van der Waals surface area contributed by atoms with Gasteiger partial charge in [-0.05, 0) is 48.9 Å². The Kier molecular flexibility index (Phi) is 6.77. The lowest BCUT2D eigenvalue weighted by Crippen LogP contribution is -2.34. The maximum atomic E-state index is 11.4. The Morgan fingerprint density at radius 2 is 1.97 bits per heavy atom. The van der Waals surface area contributed by atoms with E-state index in [1.165, 1.54) is 21.6 Å². The fourth-order valence-electron chi connectivity index (χ4n) is 4.03. The van der Waals surface area contributed by atoms with Gasteiger partial charge < -0.3 is 9.84 Å². The minimum Gasteiger partial charge on any atom is -0.488 e. The van der Waals surface area contributed by atoms with Gasteiger partial charge in [0.2, 0.25) is 0 Å². The number of thiophene rings is 1. The third kappa shape index (κ3) is 4.71. The Labute approximate surface area is 180 Å². The molecule has 0 spiro atoms. The SMILES string of the molecule is CC(=O)CN1CCC(=C2c3cc(CC(=O)O)ccc3OCc3ccsc32)CC1.Cl. The molecule has 1 aromatic heterocycles.